The van der Waals surface area contributed by atoms with Gasteiger partial charge in [0, 0.05) is 51.5 Å². The number of nitrogens with zero attached hydrogens (tertiary/aromatic N) is 5. The Balaban J connectivity index is 1.31. The van der Waals surface area contributed by atoms with Crippen molar-refractivity contribution in [2.24, 2.45) is 5.92 Å². The minimum absolute atomic E-state index is 0.0959. The second kappa shape index (κ2) is 8.64. The first-order chi connectivity index (χ1) is 13.7. The maximum atomic E-state index is 12.8. The van der Waals surface area contributed by atoms with Gasteiger partial charge in [0.1, 0.15) is 5.69 Å². The van der Waals surface area contributed by atoms with Gasteiger partial charge in [-0.3, -0.25) is 19.2 Å². The molecule has 0 bridgehead atoms. The molecule has 2 amide bonds. The van der Waals surface area contributed by atoms with E-state index < -0.39 is 0 Å². The highest BCUT2D eigenvalue weighted by Crippen LogP contribution is 2.26. The van der Waals surface area contributed by atoms with Gasteiger partial charge >= 0.3 is 0 Å². The summed E-state index contributed by atoms with van der Waals surface area (Å²) in [4.78, 5) is 32.2. The predicted octanol–water partition coefficient (Wildman–Crippen LogP) is 1.84. The van der Waals surface area contributed by atoms with Gasteiger partial charge in [0.05, 0.1) is 5.92 Å². The van der Waals surface area contributed by atoms with E-state index in [1.54, 1.807) is 10.9 Å². The third kappa shape index (κ3) is 3.95. The third-order valence-corrected chi connectivity index (χ3v) is 6.72. The predicted molar refractivity (Wildman–Crippen MR) is 107 cm³/mol. The van der Waals surface area contributed by atoms with Crippen LogP contribution in [0.5, 0.6) is 0 Å². The number of hydrogen-bond donors (Lipinski definition) is 0. The molecule has 1 aromatic heterocycles. The van der Waals surface area contributed by atoms with Crippen LogP contribution in [0.3, 0.4) is 0 Å². The van der Waals surface area contributed by atoms with Crippen molar-refractivity contribution in [3.8, 4) is 0 Å². The van der Waals surface area contributed by atoms with Crippen molar-refractivity contribution in [3.63, 3.8) is 0 Å². The van der Waals surface area contributed by atoms with Crippen LogP contribution in [0.25, 0.3) is 0 Å². The van der Waals surface area contributed by atoms with E-state index in [0.717, 1.165) is 77.8 Å². The summed E-state index contributed by atoms with van der Waals surface area (Å²) in [5.41, 5.74) is 0.690. The average molecular weight is 388 g/mol. The zero-order chi connectivity index (χ0) is 19.5. The zero-order valence-corrected chi connectivity index (χ0v) is 17.1. The van der Waals surface area contributed by atoms with E-state index in [1.165, 1.54) is 0 Å². The molecule has 0 spiro atoms. The molecule has 0 aliphatic carbocycles. The summed E-state index contributed by atoms with van der Waals surface area (Å²) < 4.78 is 1.77. The molecule has 3 aliphatic heterocycles. The number of aryl methyl sites for hydroxylation is 1. The van der Waals surface area contributed by atoms with Gasteiger partial charge in [0.15, 0.2) is 0 Å². The van der Waals surface area contributed by atoms with Crippen LogP contribution in [-0.2, 0) is 11.3 Å². The van der Waals surface area contributed by atoms with Crippen molar-refractivity contribution >= 4 is 11.8 Å². The Kier molecular flexibility index (Phi) is 5.99. The van der Waals surface area contributed by atoms with Crippen LogP contribution in [0.15, 0.2) is 12.3 Å². The number of carbonyl (C=O) groups excluding carboxylic acids is 2. The Bertz CT molecular complexity index is 689. The van der Waals surface area contributed by atoms with E-state index in [9.17, 15) is 9.59 Å². The molecule has 4 rings (SSSR count). The van der Waals surface area contributed by atoms with Crippen molar-refractivity contribution in [2.45, 2.75) is 58.0 Å². The van der Waals surface area contributed by atoms with Crippen molar-refractivity contribution in [2.75, 3.05) is 39.3 Å². The first kappa shape index (κ1) is 19.4. The fourth-order valence-corrected chi connectivity index (χ4v) is 5.10. The molecule has 1 aromatic rings. The van der Waals surface area contributed by atoms with Gasteiger partial charge in [-0.05, 0) is 58.1 Å². The molecule has 1 atom stereocenters. The molecule has 7 heteroatoms. The van der Waals surface area contributed by atoms with Gasteiger partial charge in [0.25, 0.3) is 5.91 Å². The number of piperidine rings is 2. The monoisotopic (exact) mass is 387 g/mol. The molecule has 4 heterocycles. The highest BCUT2D eigenvalue weighted by Gasteiger charge is 2.35. The molecular formula is C21H33N5O2. The zero-order valence-electron chi connectivity index (χ0n) is 17.1. The molecule has 3 aliphatic rings. The highest BCUT2D eigenvalue weighted by atomic mass is 16.2. The Morgan fingerprint density at radius 1 is 1.00 bits per heavy atom. The van der Waals surface area contributed by atoms with Gasteiger partial charge < -0.3 is 9.80 Å². The lowest BCUT2D eigenvalue weighted by Gasteiger charge is -2.42. The lowest BCUT2D eigenvalue weighted by Crippen LogP contribution is -2.51. The second-order valence-corrected chi connectivity index (χ2v) is 8.42. The Morgan fingerprint density at radius 3 is 2.46 bits per heavy atom. The SMILES string of the molecule is CCn1nccc1C(=O)N1CCC(N2CCC[C@H](C(=O)N3CCCC3)C2)CC1. The molecule has 28 heavy (non-hydrogen) atoms. The summed E-state index contributed by atoms with van der Waals surface area (Å²) >= 11 is 0. The summed E-state index contributed by atoms with van der Waals surface area (Å²) in [6.45, 7) is 8.19. The number of rotatable bonds is 4. The van der Waals surface area contributed by atoms with Crippen LogP contribution >= 0.6 is 0 Å². The quantitative estimate of drug-likeness (QED) is 0.791. The third-order valence-electron chi connectivity index (χ3n) is 6.72. The van der Waals surface area contributed by atoms with Crippen LogP contribution in [0, 0.1) is 5.92 Å². The fourth-order valence-electron chi connectivity index (χ4n) is 5.10. The van der Waals surface area contributed by atoms with E-state index in [-0.39, 0.29) is 11.8 Å². The maximum Gasteiger partial charge on any atom is 0.272 e. The molecule has 3 fully saturated rings. The summed E-state index contributed by atoms with van der Waals surface area (Å²) in [6.07, 6.45) is 8.16. The summed E-state index contributed by atoms with van der Waals surface area (Å²) in [5, 5.41) is 4.22. The number of carbonyl (C=O) groups is 2. The Morgan fingerprint density at radius 2 is 1.75 bits per heavy atom. The minimum atomic E-state index is 0.0959. The van der Waals surface area contributed by atoms with Crippen LogP contribution in [0.4, 0.5) is 0 Å². The van der Waals surface area contributed by atoms with Gasteiger partial charge in [-0.2, -0.15) is 5.10 Å². The van der Waals surface area contributed by atoms with Crippen molar-refractivity contribution in [3.05, 3.63) is 18.0 Å². The van der Waals surface area contributed by atoms with Crippen LogP contribution in [0.2, 0.25) is 0 Å². The van der Waals surface area contributed by atoms with Crippen molar-refractivity contribution in [1.82, 2.24) is 24.5 Å². The van der Waals surface area contributed by atoms with Crippen molar-refractivity contribution in [1.29, 1.82) is 0 Å². The summed E-state index contributed by atoms with van der Waals surface area (Å²) in [5.74, 6) is 0.645. The van der Waals surface area contributed by atoms with E-state index in [2.05, 4.69) is 14.9 Å². The average Bonchev–Trinajstić information content (AvgIpc) is 3.45. The summed E-state index contributed by atoms with van der Waals surface area (Å²) in [6, 6.07) is 2.31. The number of likely N-dealkylation sites (tertiary alicyclic amines) is 3. The largest absolute Gasteiger partial charge is 0.342 e. The Hall–Kier alpha value is -1.89. The van der Waals surface area contributed by atoms with Crippen LogP contribution in [-0.4, -0.2) is 81.6 Å². The van der Waals surface area contributed by atoms with E-state index in [1.807, 2.05) is 17.9 Å². The molecule has 0 unspecified atom stereocenters. The van der Waals surface area contributed by atoms with Crippen molar-refractivity contribution < 1.29 is 9.59 Å². The van der Waals surface area contributed by atoms with Crippen LogP contribution in [0.1, 0.15) is 55.9 Å². The van der Waals surface area contributed by atoms with E-state index >= 15 is 0 Å². The number of aromatic nitrogens is 2. The lowest BCUT2D eigenvalue weighted by atomic mass is 9.93. The lowest BCUT2D eigenvalue weighted by molar-refractivity contribution is -0.136. The number of amides is 2. The van der Waals surface area contributed by atoms with Crippen LogP contribution < -0.4 is 0 Å². The van der Waals surface area contributed by atoms with Gasteiger partial charge in [-0.25, -0.2) is 0 Å². The normalized spacial score (nSPS) is 24.7. The minimum Gasteiger partial charge on any atom is -0.342 e. The summed E-state index contributed by atoms with van der Waals surface area (Å²) in [7, 11) is 0. The highest BCUT2D eigenvalue weighted by molar-refractivity contribution is 5.92. The fraction of sp³-hybridized carbons (Fsp3) is 0.762. The molecule has 3 saturated heterocycles. The first-order valence-corrected chi connectivity index (χ1v) is 11.0. The maximum absolute atomic E-state index is 12.8. The number of hydrogen-bond acceptors (Lipinski definition) is 4. The molecule has 0 saturated carbocycles. The Labute approximate surface area is 167 Å². The van der Waals surface area contributed by atoms with Gasteiger partial charge in [-0.15, -0.1) is 0 Å². The first-order valence-electron chi connectivity index (χ1n) is 11.0. The molecular weight excluding hydrogens is 354 g/mol. The second-order valence-electron chi connectivity index (χ2n) is 8.42. The molecule has 7 nitrogen and oxygen atoms in total. The van der Waals surface area contributed by atoms with E-state index in [0.29, 0.717) is 24.2 Å². The van der Waals surface area contributed by atoms with Gasteiger partial charge in [-0.1, -0.05) is 0 Å². The molecule has 154 valence electrons. The molecule has 0 aromatic carbocycles. The standard InChI is InChI=1S/C21H33N5O2/c1-2-26-19(7-10-22-26)21(28)24-14-8-18(9-15-24)25-13-5-6-17(16-25)20(27)23-11-3-4-12-23/h7,10,17-18H,2-6,8-9,11-16H2,1H3/t17-/m0/s1. The molecule has 0 radical (unpaired) electrons. The smallest absolute Gasteiger partial charge is 0.272 e. The van der Waals surface area contributed by atoms with Gasteiger partial charge in [0.2, 0.25) is 5.91 Å². The topological polar surface area (TPSA) is 61.7 Å². The molecule has 0 N–H and O–H groups in total. The van der Waals surface area contributed by atoms with E-state index in [4.69, 9.17) is 0 Å².